The minimum atomic E-state index is 0.107. The van der Waals surface area contributed by atoms with Gasteiger partial charge < -0.3 is 0 Å². The molecular formula is C18H15NO. The fourth-order valence-corrected chi connectivity index (χ4v) is 2.70. The average molecular weight is 261 g/mol. The zero-order valence-electron chi connectivity index (χ0n) is 11.3. The van der Waals surface area contributed by atoms with Gasteiger partial charge in [0.1, 0.15) is 0 Å². The molecule has 0 heterocycles. The summed E-state index contributed by atoms with van der Waals surface area (Å²) in [5, 5.41) is 8.81. The van der Waals surface area contributed by atoms with Crippen LogP contribution in [0.5, 0.6) is 0 Å². The molecule has 3 rings (SSSR count). The predicted octanol–water partition coefficient (Wildman–Crippen LogP) is 4.03. The Morgan fingerprint density at radius 3 is 1.95 bits per heavy atom. The molecule has 0 amide bonds. The van der Waals surface area contributed by atoms with Gasteiger partial charge in [-0.15, -0.1) is 0 Å². The van der Waals surface area contributed by atoms with Gasteiger partial charge in [-0.1, -0.05) is 36.4 Å². The van der Waals surface area contributed by atoms with Gasteiger partial charge >= 0.3 is 0 Å². The van der Waals surface area contributed by atoms with Crippen LogP contribution in [0.15, 0.2) is 48.5 Å². The van der Waals surface area contributed by atoms with Crippen molar-refractivity contribution in [2.75, 3.05) is 0 Å². The van der Waals surface area contributed by atoms with Crippen LogP contribution in [0.1, 0.15) is 52.2 Å². The SMILES string of the molecule is CC(=O)c1ccc([C@@H]2C[C@@H]2c2ccc(C#N)cc2)cc1. The summed E-state index contributed by atoms with van der Waals surface area (Å²) >= 11 is 0. The Bertz CT molecular complexity index is 677. The van der Waals surface area contributed by atoms with Gasteiger partial charge in [0.25, 0.3) is 0 Å². The van der Waals surface area contributed by atoms with Crippen molar-refractivity contribution in [2.45, 2.75) is 25.2 Å². The second kappa shape index (κ2) is 4.94. The molecule has 1 aliphatic rings. The van der Waals surface area contributed by atoms with E-state index >= 15 is 0 Å². The molecule has 0 N–H and O–H groups in total. The maximum Gasteiger partial charge on any atom is 0.159 e. The number of benzene rings is 2. The van der Waals surface area contributed by atoms with Crippen molar-refractivity contribution in [3.63, 3.8) is 0 Å². The number of nitriles is 1. The summed E-state index contributed by atoms with van der Waals surface area (Å²) in [5.74, 6) is 1.20. The first kappa shape index (κ1) is 12.6. The molecule has 0 radical (unpaired) electrons. The maximum absolute atomic E-state index is 11.3. The first-order chi connectivity index (χ1) is 9.69. The van der Waals surface area contributed by atoms with Crippen molar-refractivity contribution in [3.05, 3.63) is 70.8 Å². The molecular weight excluding hydrogens is 246 g/mol. The summed E-state index contributed by atoms with van der Waals surface area (Å²) in [7, 11) is 0. The summed E-state index contributed by atoms with van der Waals surface area (Å²) in [6.45, 7) is 1.59. The van der Waals surface area contributed by atoms with Gasteiger partial charge in [-0.3, -0.25) is 4.79 Å². The number of hydrogen-bond donors (Lipinski definition) is 0. The molecule has 1 aliphatic carbocycles. The zero-order chi connectivity index (χ0) is 14.1. The van der Waals surface area contributed by atoms with E-state index in [2.05, 4.69) is 18.2 Å². The molecule has 0 saturated heterocycles. The highest BCUT2D eigenvalue weighted by atomic mass is 16.1. The maximum atomic E-state index is 11.3. The number of ketones is 1. The Hall–Kier alpha value is -2.40. The van der Waals surface area contributed by atoms with Gasteiger partial charge in [0, 0.05) is 5.56 Å². The first-order valence-electron chi connectivity index (χ1n) is 6.80. The Morgan fingerprint density at radius 2 is 1.50 bits per heavy atom. The lowest BCUT2D eigenvalue weighted by Crippen LogP contribution is -1.92. The van der Waals surface area contributed by atoms with Gasteiger partial charge in [-0.2, -0.15) is 5.26 Å². The van der Waals surface area contributed by atoms with Crippen molar-refractivity contribution >= 4 is 5.78 Å². The molecule has 0 aromatic heterocycles. The minimum Gasteiger partial charge on any atom is -0.295 e. The number of nitrogens with zero attached hydrogens (tertiary/aromatic N) is 1. The van der Waals surface area contributed by atoms with E-state index in [0.29, 0.717) is 17.4 Å². The van der Waals surface area contributed by atoms with Gasteiger partial charge in [0.15, 0.2) is 5.78 Å². The van der Waals surface area contributed by atoms with Crippen LogP contribution in [0.4, 0.5) is 0 Å². The molecule has 1 fully saturated rings. The molecule has 98 valence electrons. The highest BCUT2D eigenvalue weighted by molar-refractivity contribution is 5.94. The van der Waals surface area contributed by atoms with Crippen LogP contribution < -0.4 is 0 Å². The van der Waals surface area contributed by atoms with E-state index in [4.69, 9.17) is 5.26 Å². The topological polar surface area (TPSA) is 40.9 Å². The van der Waals surface area contributed by atoms with Gasteiger partial charge in [-0.05, 0) is 48.4 Å². The third kappa shape index (κ3) is 2.35. The molecule has 0 unspecified atom stereocenters. The Balaban J connectivity index is 1.75. The first-order valence-corrected chi connectivity index (χ1v) is 6.80. The third-order valence-corrected chi connectivity index (χ3v) is 4.00. The standard InChI is InChI=1S/C18H15NO/c1-12(20)14-6-8-16(9-7-14)18-10-17(18)15-4-2-13(11-19)3-5-15/h2-9,17-18H,10H2,1H3/t17-,18+/m1/s1. The largest absolute Gasteiger partial charge is 0.295 e. The van der Waals surface area contributed by atoms with Crippen LogP contribution in [-0.2, 0) is 0 Å². The molecule has 2 nitrogen and oxygen atoms in total. The van der Waals surface area contributed by atoms with Crippen LogP contribution in [0, 0.1) is 11.3 Å². The number of carbonyl (C=O) groups excluding carboxylic acids is 1. The highest BCUT2D eigenvalue weighted by Gasteiger charge is 2.39. The monoisotopic (exact) mass is 261 g/mol. The second-order valence-electron chi connectivity index (χ2n) is 5.36. The molecule has 2 heteroatoms. The molecule has 0 spiro atoms. The summed E-state index contributed by atoms with van der Waals surface area (Å²) in [4.78, 5) is 11.3. The van der Waals surface area contributed by atoms with E-state index in [1.165, 1.54) is 11.1 Å². The highest BCUT2D eigenvalue weighted by Crippen LogP contribution is 2.54. The fraction of sp³-hybridized carbons (Fsp3) is 0.222. The summed E-state index contributed by atoms with van der Waals surface area (Å²) in [5.41, 5.74) is 4.06. The smallest absolute Gasteiger partial charge is 0.159 e. The predicted molar refractivity (Wildman–Crippen MR) is 77.7 cm³/mol. The molecule has 2 aromatic rings. The zero-order valence-corrected chi connectivity index (χ0v) is 11.3. The molecule has 20 heavy (non-hydrogen) atoms. The second-order valence-corrected chi connectivity index (χ2v) is 5.36. The van der Waals surface area contributed by atoms with E-state index in [-0.39, 0.29) is 5.78 Å². The van der Waals surface area contributed by atoms with Crippen molar-refractivity contribution in [2.24, 2.45) is 0 Å². The summed E-state index contributed by atoms with van der Waals surface area (Å²) in [6.07, 6.45) is 1.14. The molecule has 1 saturated carbocycles. The van der Waals surface area contributed by atoms with Crippen molar-refractivity contribution < 1.29 is 4.79 Å². The van der Waals surface area contributed by atoms with Crippen molar-refractivity contribution in [3.8, 4) is 6.07 Å². The molecule has 0 aliphatic heterocycles. The van der Waals surface area contributed by atoms with E-state index < -0.39 is 0 Å². The number of rotatable bonds is 3. The van der Waals surface area contributed by atoms with Gasteiger partial charge in [0.05, 0.1) is 11.6 Å². The Labute approximate surface area is 118 Å². The van der Waals surface area contributed by atoms with E-state index in [1.54, 1.807) is 6.92 Å². The van der Waals surface area contributed by atoms with E-state index in [1.807, 2.05) is 36.4 Å². The minimum absolute atomic E-state index is 0.107. The normalized spacial score (nSPS) is 20.2. The Kier molecular flexibility index (Phi) is 3.12. The van der Waals surface area contributed by atoms with Crippen LogP contribution in [0.25, 0.3) is 0 Å². The number of hydrogen-bond acceptors (Lipinski definition) is 2. The Morgan fingerprint density at radius 1 is 1.00 bits per heavy atom. The lowest BCUT2D eigenvalue weighted by molar-refractivity contribution is 0.101. The van der Waals surface area contributed by atoms with Crippen molar-refractivity contribution in [1.29, 1.82) is 5.26 Å². The summed E-state index contributed by atoms with van der Waals surface area (Å²) < 4.78 is 0. The number of Topliss-reactive ketones (excluding diaryl/α,β-unsaturated/α-hetero) is 1. The van der Waals surface area contributed by atoms with Crippen LogP contribution >= 0.6 is 0 Å². The fourth-order valence-electron chi connectivity index (χ4n) is 2.70. The molecule has 2 atom stereocenters. The van der Waals surface area contributed by atoms with Crippen LogP contribution in [0.2, 0.25) is 0 Å². The van der Waals surface area contributed by atoms with E-state index in [9.17, 15) is 4.79 Å². The average Bonchev–Trinajstić information content (AvgIpc) is 3.28. The number of carbonyl (C=O) groups is 1. The van der Waals surface area contributed by atoms with Crippen LogP contribution in [-0.4, -0.2) is 5.78 Å². The van der Waals surface area contributed by atoms with Crippen LogP contribution in [0.3, 0.4) is 0 Å². The van der Waals surface area contributed by atoms with Gasteiger partial charge in [-0.25, -0.2) is 0 Å². The molecule has 0 bridgehead atoms. The molecule has 2 aromatic carbocycles. The third-order valence-electron chi connectivity index (χ3n) is 4.00. The van der Waals surface area contributed by atoms with Crippen molar-refractivity contribution in [1.82, 2.24) is 0 Å². The quantitative estimate of drug-likeness (QED) is 0.782. The van der Waals surface area contributed by atoms with E-state index in [0.717, 1.165) is 12.0 Å². The summed E-state index contributed by atoms with van der Waals surface area (Å²) in [6, 6.07) is 17.9. The van der Waals surface area contributed by atoms with Gasteiger partial charge in [0.2, 0.25) is 0 Å². The lowest BCUT2D eigenvalue weighted by atomic mass is 10.0. The lowest BCUT2D eigenvalue weighted by Gasteiger charge is -2.03.